The summed E-state index contributed by atoms with van der Waals surface area (Å²) in [6.07, 6.45) is 0.373. The zero-order valence-electron chi connectivity index (χ0n) is 7.65. The normalized spacial score (nSPS) is 16.2. The Morgan fingerprint density at radius 3 is 2.43 bits per heavy atom. The van der Waals surface area contributed by atoms with Crippen LogP contribution in [0, 0.1) is 0 Å². The van der Waals surface area contributed by atoms with Crippen LogP contribution in [0.2, 0.25) is 0 Å². The van der Waals surface area contributed by atoms with Crippen molar-refractivity contribution in [2.45, 2.75) is 12.8 Å². The molecule has 0 aromatic rings. The first-order valence-corrected chi connectivity index (χ1v) is 4.36. The Bertz CT molecular complexity index is 248. The number of nitrogens with one attached hydrogen (secondary N) is 1. The van der Waals surface area contributed by atoms with Crippen LogP contribution in [0.5, 0.6) is 0 Å². The number of aliphatic hydroxyl groups is 1. The molecule has 6 nitrogen and oxygen atoms in total. The Morgan fingerprint density at radius 2 is 1.93 bits per heavy atom. The van der Waals surface area contributed by atoms with E-state index in [1.807, 2.05) is 0 Å². The first-order valence-electron chi connectivity index (χ1n) is 4.36. The number of amides is 3. The third kappa shape index (κ3) is 2.53. The summed E-state index contributed by atoms with van der Waals surface area (Å²) in [6, 6.07) is 0. The van der Waals surface area contributed by atoms with Gasteiger partial charge in [-0.15, -0.1) is 0 Å². The van der Waals surface area contributed by atoms with Crippen LogP contribution in [0.25, 0.3) is 0 Å². The summed E-state index contributed by atoms with van der Waals surface area (Å²) < 4.78 is 0. The zero-order valence-corrected chi connectivity index (χ0v) is 7.65. The summed E-state index contributed by atoms with van der Waals surface area (Å²) in [5.41, 5.74) is 0. The van der Waals surface area contributed by atoms with E-state index in [0.717, 1.165) is 4.90 Å². The van der Waals surface area contributed by atoms with E-state index >= 15 is 0 Å². The molecule has 1 saturated heterocycles. The van der Waals surface area contributed by atoms with Gasteiger partial charge in [0, 0.05) is 19.4 Å². The molecule has 0 unspecified atom stereocenters. The lowest BCUT2D eigenvalue weighted by atomic mass is 10.4. The molecule has 1 fully saturated rings. The van der Waals surface area contributed by atoms with Gasteiger partial charge in [0.15, 0.2) is 0 Å². The lowest BCUT2D eigenvalue weighted by Crippen LogP contribution is -2.40. The molecule has 6 heteroatoms. The van der Waals surface area contributed by atoms with Crippen LogP contribution < -0.4 is 5.32 Å². The van der Waals surface area contributed by atoms with Gasteiger partial charge < -0.3 is 10.4 Å². The number of nitrogens with zero attached hydrogens (tertiary/aromatic N) is 1. The standard InChI is InChI=1S/C8H12N2O4/c11-4-3-9-6(12)5-10-7(13)1-2-8(10)14/h11H,1-5H2,(H,9,12). The van der Waals surface area contributed by atoms with E-state index in [1.54, 1.807) is 0 Å². The summed E-state index contributed by atoms with van der Waals surface area (Å²) >= 11 is 0. The van der Waals surface area contributed by atoms with Crippen molar-refractivity contribution >= 4 is 17.7 Å². The van der Waals surface area contributed by atoms with Crippen LogP contribution in [0.3, 0.4) is 0 Å². The third-order valence-corrected chi connectivity index (χ3v) is 1.89. The number of likely N-dealkylation sites (tertiary alicyclic amines) is 1. The quantitative estimate of drug-likeness (QED) is 0.526. The second kappa shape index (κ2) is 4.71. The molecular formula is C8H12N2O4. The fourth-order valence-corrected chi connectivity index (χ4v) is 1.19. The van der Waals surface area contributed by atoms with E-state index in [2.05, 4.69) is 5.32 Å². The molecule has 0 radical (unpaired) electrons. The molecule has 0 saturated carbocycles. The SMILES string of the molecule is O=C(CN1C(=O)CCC1=O)NCCO. The largest absolute Gasteiger partial charge is 0.395 e. The van der Waals surface area contributed by atoms with Crippen molar-refractivity contribution in [1.29, 1.82) is 0 Å². The highest BCUT2D eigenvalue weighted by Crippen LogP contribution is 2.10. The van der Waals surface area contributed by atoms with Gasteiger partial charge in [0.25, 0.3) is 0 Å². The monoisotopic (exact) mass is 200 g/mol. The number of carbonyl (C=O) groups is 3. The maximum atomic E-state index is 11.1. The molecule has 0 aliphatic carbocycles. The molecule has 1 rings (SSSR count). The summed E-state index contributed by atoms with van der Waals surface area (Å²) in [7, 11) is 0. The first-order chi connectivity index (χ1) is 6.65. The van der Waals surface area contributed by atoms with Gasteiger partial charge in [-0.3, -0.25) is 19.3 Å². The number of carbonyl (C=O) groups excluding carboxylic acids is 3. The number of hydrogen-bond acceptors (Lipinski definition) is 4. The molecule has 3 amide bonds. The van der Waals surface area contributed by atoms with Crippen LogP contribution in [0.4, 0.5) is 0 Å². The third-order valence-electron chi connectivity index (χ3n) is 1.89. The minimum absolute atomic E-state index is 0.134. The molecule has 0 bridgehead atoms. The summed E-state index contributed by atoms with van der Waals surface area (Å²) in [4.78, 5) is 34.2. The van der Waals surface area contributed by atoms with E-state index in [1.165, 1.54) is 0 Å². The van der Waals surface area contributed by atoms with Crippen molar-refractivity contribution in [2.24, 2.45) is 0 Å². The first kappa shape index (κ1) is 10.6. The number of imide groups is 1. The minimum atomic E-state index is -0.428. The average molecular weight is 200 g/mol. The van der Waals surface area contributed by atoms with Crippen LogP contribution in [0.15, 0.2) is 0 Å². The van der Waals surface area contributed by atoms with E-state index < -0.39 is 5.91 Å². The van der Waals surface area contributed by atoms with Crippen molar-refractivity contribution in [1.82, 2.24) is 10.2 Å². The molecule has 0 aromatic heterocycles. The van der Waals surface area contributed by atoms with E-state index in [0.29, 0.717) is 0 Å². The van der Waals surface area contributed by atoms with E-state index in [-0.39, 0.29) is 44.4 Å². The average Bonchev–Trinajstić information content (AvgIpc) is 2.46. The Kier molecular flexibility index (Phi) is 3.58. The lowest BCUT2D eigenvalue weighted by molar-refractivity contribution is -0.142. The van der Waals surface area contributed by atoms with Crippen molar-refractivity contribution in [3.63, 3.8) is 0 Å². The molecule has 1 aliphatic rings. The van der Waals surface area contributed by atoms with Crippen molar-refractivity contribution in [3.8, 4) is 0 Å². The fraction of sp³-hybridized carbons (Fsp3) is 0.625. The lowest BCUT2D eigenvalue weighted by Gasteiger charge is -2.12. The maximum absolute atomic E-state index is 11.1. The summed E-state index contributed by atoms with van der Waals surface area (Å²) in [6.45, 7) is -0.264. The predicted molar refractivity (Wildman–Crippen MR) is 46.0 cm³/mol. The van der Waals surface area contributed by atoms with Gasteiger partial charge in [-0.2, -0.15) is 0 Å². The highest BCUT2D eigenvalue weighted by Gasteiger charge is 2.30. The number of aliphatic hydroxyl groups excluding tert-OH is 1. The second-order valence-corrected chi connectivity index (χ2v) is 2.95. The van der Waals surface area contributed by atoms with Gasteiger partial charge in [0.2, 0.25) is 17.7 Å². The van der Waals surface area contributed by atoms with Crippen molar-refractivity contribution in [3.05, 3.63) is 0 Å². The number of rotatable bonds is 4. The molecule has 2 N–H and O–H groups in total. The molecule has 1 heterocycles. The van der Waals surface area contributed by atoms with Crippen LogP contribution in [-0.2, 0) is 14.4 Å². The van der Waals surface area contributed by atoms with Crippen molar-refractivity contribution < 1.29 is 19.5 Å². The topological polar surface area (TPSA) is 86.7 Å². The highest BCUT2D eigenvalue weighted by atomic mass is 16.3. The summed E-state index contributed by atoms with van der Waals surface area (Å²) in [5, 5.41) is 10.8. The van der Waals surface area contributed by atoms with Crippen LogP contribution in [-0.4, -0.2) is 47.4 Å². The van der Waals surface area contributed by atoms with Gasteiger partial charge >= 0.3 is 0 Å². The zero-order chi connectivity index (χ0) is 10.6. The molecule has 0 spiro atoms. The summed E-state index contributed by atoms with van der Waals surface area (Å²) in [5.74, 6) is -1.05. The van der Waals surface area contributed by atoms with Crippen LogP contribution in [0.1, 0.15) is 12.8 Å². The van der Waals surface area contributed by atoms with E-state index in [4.69, 9.17) is 5.11 Å². The Balaban J connectivity index is 2.39. The second-order valence-electron chi connectivity index (χ2n) is 2.95. The molecule has 0 aromatic carbocycles. The fourth-order valence-electron chi connectivity index (χ4n) is 1.19. The Labute approximate surface area is 80.9 Å². The van der Waals surface area contributed by atoms with Gasteiger partial charge in [-0.05, 0) is 0 Å². The highest BCUT2D eigenvalue weighted by molar-refractivity contribution is 6.04. The molecule has 14 heavy (non-hydrogen) atoms. The van der Waals surface area contributed by atoms with Gasteiger partial charge in [0.05, 0.1) is 6.61 Å². The number of hydrogen-bond donors (Lipinski definition) is 2. The predicted octanol–water partition coefficient (Wildman–Crippen LogP) is -1.76. The van der Waals surface area contributed by atoms with Gasteiger partial charge in [-0.25, -0.2) is 0 Å². The smallest absolute Gasteiger partial charge is 0.240 e. The molecule has 0 atom stereocenters. The van der Waals surface area contributed by atoms with E-state index in [9.17, 15) is 14.4 Å². The Hall–Kier alpha value is -1.43. The molecular weight excluding hydrogens is 188 g/mol. The maximum Gasteiger partial charge on any atom is 0.240 e. The van der Waals surface area contributed by atoms with Crippen molar-refractivity contribution in [2.75, 3.05) is 19.7 Å². The Morgan fingerprint density at radius 1 is 1.36 bits per heavy atom. The van der Waals surface area contributed by atoms with Crippen LogP contribution >= 0.6 is 0 Å². The molecule has 1 aliphatic heterocycles. The van der Waals surface area contributed by atoms with Gasteiger partial charge in [-0.1, -0.05) is 0 Å². The minimum Gasteiger partial charge on any atom is -0.395 e. The van der Waals surface area contributed by atoms with Gasteiger partial charge in [0.1, 0.15) is 6.54 Å². The molecule has 78 valence electrons.